The van der Waals surface area contributed by atoms with E-state index in [0.29, 0.717) is 32.0 Å². The number of furan rings is 1. The van der Waals surface area contributed by atoms with Crippen LogP contribution in [0.1, 0.15) is 21.7 Å². The third-order valence-corrected chi connectivity index (χ3v) is 5.11. The Labute approximate surface area is 174 Å². The van der Waals surface area contributed by atoms with Gasteiger partial charge in [-0.3, -0.25) is 9.59 Å². The smallest absolute Gasteiger partial charge is 0.418 e. The van der Waals surface area contributed by atoms with Crippen molar-refractivity contribution in [2.24, 2.45) is 7.05 Å². The van der Waals surface area contributed by atoms with Gasteiger partial charge >= 0.3 is 6.18 Å². The molecule has 0 atom stereocenters. The first-order chi connectivity index (χ1) is 14.7. The third kappa shape index (κ3) is 3.88. The van der Waals surface area contributed by atoms with Gasteiger partial charge in [-0.25, -0.2) is 4.98 Å². The minimum atomic E-state index is -4.70. The van der Waals surface area contributed by atoms with Crippen LogP contribution >= 0.6 is 0 Å². The Balaban J connectivity index is 1.73. The van der Waals surface area contributed by atoms with Crippen LogP contribution in [0.3, 0.4) is 0 Å². The largest absolute Gasteiger partial charge is 0.442 e. The molecular formula is C20H19F3N4O4. The van der Waals surface area contributed by atoms with Crippen LogP contribution in [0.4, 0.5) is 24.5 Å². The van der Waals surface area contributed by atoms with Gasteiger partial charge in [0, 0.05) is 25.8 Å². The number of nitrogens with one attached hydrogen (secondary N) is 1. The Hall–Kier alpha value is -3.34. The normalized spacial score (nSPS) is 14.8. The van der Waals surface area contributed by atoms with E-state index in [-0.39, 0.29) is 22.4 Å². The van der Waals surface area contributed by atoms with Crippen molar-refractivity contribution in [3.05, 3.63) is 51.8 Å². The number of fused-ring (bicyclic) bond motifs is 1. The molecule has 164 valence electrons. The van der Waals surface area contributed by atoms with Crippen molar-refractivity contribution >= 4 is 28.4 Å². The van der Waals surface area contributed by atoms with Gasteiger partial charge < -0.3 is 23.9 Å². The van der Waals surface area contributed by atoms with E-state index in [2.05, 4.69) is 10.3 Å². The molecule has 1 aromatic carbocycles. The molecule has 1 fully saturated rings. The lowest BCUT2D eigenvalue weighted by molar-refractivity contribution is -0.136. The van der Waals surface area contributed by atoms with Gasteiger partial charge in [-0.05, 0) is 25.1 Å². The molecule has 0 spiro atoms. The van der Waals surface area contributed by atoms with Crippen molar-refractivity contribution in [2.45, 2.75) is 13.1 Å². The third-order valence-electron chi connectivity index (χ3n) is 5.11. The van der Waals surface area contributed by atoms with Crippen LogP contribution in [-0.4, -0.2) is 41.8 Å². The summed E-state index contributed by atoms with van der Waals surface area (Å²) in [5.74, 6) is -0.798. The highest BCUT2D eigenvalue weighted by atomic mass is 19.4. The van der Waals surface area contributed by atoms with Gasteiger partial charge in [0.15, 0.2) is 0 Å². The van der Waals surface area contributed by atoms with E-state index in [0.717, 1.165) is 10.6 Å². The highest BCUT2D eigenvalue weighted by Gasteiger charge is 2.35. The average molecular weight is 436 g/mol. The first-order valence-electron chi connectivity index (χ1n) is 9.47. The van der Waals surface area contributed by atoms with Crippen LogP contribution < -0.4 is 15.8 Å². The minimum Gasteiger partial charge on any atom is -0.442 e. The molecule has 11 heteroatoms. The summed E-state index contributed by atoms with van der Waals surface area (Å²) in [5, 5.41) is 2.21. The molecule has 1 saturated heterocycles. The Morgan fingerprint density at radius 1 is 1.23 bits per heavy atom. The molecule has 0 radical (unpaired) electrons. The van der Waals surface area contributed by atoms with E-state index in [4.69, 9.17) is 9.15 Å². The van der Waals surface area contributed by atoms with Crippen molar-refractivity contribution in [2.75, 3.05) is 36.5 Å². The molecule has 3 aromatic rings. The predicted molar refractivity (Wildman–Crippen MR) is 106 cm³/mol. The lowest BCUT2D eigenvalue weighted by Crippen LogP contribution is -2.36. The van der Waals surface area contributed by atoms with Gasteiger partial charge in [0.05, 0.1) is 30.0 Å². The number of aromatic nitrogens is 2. The quantitative estimate of drug-likeness (QED) is 0.679. The van der Waals surface area contributed by atoms with Crippen molar-refractivity contribution in [1.82, 2.24) is 9.55 Å². The number of aryl methyl sites for hydroxylation is 2. The van der Waals surface area contributed by atoms with Gasteiger partial charge in [0.25, 0.3) is 11.5 Å². The maximum absolute atomic E-state index is 13.8. The summed E-state index contributed by atoms with van der Waals surface area (Å²) in [6, 6.07) is 3.72. The van der Waals surface area contributed by atoms with Crippen molar-refractivity contribution in [1.29, 1.82) is 0 Å². The SMILES string of the molecule is Cc1oc2ncn(C)c(=O)c2c1C(=O)Nc1ccc(N2CCOCC2)cc1C(F)(F)F. The van der Waals surface area contributed by atoms with E-state index in [1.54, 1.807) is 4.90 Å². The number of amides is 1. The number of nitrogens with zero attached hydrogens (tertiary/aromatic N) is 3. The fourth-order valence-corrected chi connectivity index (χ4v) is 3.54. The molecule has 0 bridgehead atoms. The zero-order valence-corrected chi connectivity index (χ0v) is 16.7. The maximum Gasteiger partial charge on any atom is 0.418 e. The van der Waals surface area contributed by atoms with Gasteiger partial charge in [0.1, 0.15) is 17.5 Å². The highest BCUT2D eigenvalue weighted by molar-refractivity contribution is 6.13. The molecule has 0 saturated carbocycles. The molecule has 31 heavy (non-hydrogen) atoms. The molecule has 1 aliphatic rings. The second-order valence-corrected chi connectivity index (χ2v) is 7.16. The van der Waals surface area contributed by atoms with Gasteiger partial charge in [-0.2, -0.15) is 13.2 Å². The van der Waals surface area contributed by atoms with E-state index in [1.807, 2.05) is 0 Å². The summed E-state index contributed by atoms with van der Waals surface area (Å²) in [6.07, 6.45) is -3.46. The molecule has 4 rings (SSSR count). The summed E-state index contributed by atoms with van der Waals surface area (Å²) in [6.45, 7) is 3.24. The molecular weight excluding hydrogens is 417 g/mol. The highest BCUT2D eigenvalue weighted by Crippen LogP contribution is 2.38. The lowest BCUT2D eigenvalue weighted by Gasteiger charge is -2.29. The first-order valence-corrected chi connectivity index (χ1v) is 9.47. The molecule has 1 amide bonds. The van der Waals surface area contributed by atoms with Crippen LogP contribution in [0.2, 0.25) is 0 Å². The average Bonchev–Trinajstić information content (AvgIpc) is 3.07. The topological polar surface area (TPSA) is 89.6 Å². The number of anilines is 2. The second-order valence-electron chi connectivity index (χ2n) is 7.16. The summed E-state index contributed by atoms with van der Waals surface area (Å²) in [7, 11) is 1.45. The number of benzene rings is 1. The van der Waals surface area contributed by atoms with Crippen molar-refractivity contribution < 1.29 is 27.1 Å². The number of alkyl halides is 3. The van der Waals surface area contributed by atoms with Crippen LogP contribution in [0.15, 0.2) is 33.7 Å². The van der Waals surface area contributed by atoms with Crippen LogP contribution in [0, 0.1) is 6.92 Å². The molecule has 1 N–H and O–H groups in total. The van der Waals surface area contributed by atoms with Crippen molar-refractivity contribution in [3.63, 3.8) is 0 Å². The standard InChI is InChI=1S/C20H19F3N4O4/c1-11-15(16-18(31-11)24-10-26(2)19(16)29)17(28)25-14-4-3-12(9-13(14)20(21,22)23)27-5-7-30-8-6-27/h3-4,9-10H,5-8H2,1-2H3,(H,25,28). The number of carbonyl (C=O) groups is 1. The summed E-state index contributed by atoms with van der Waals surface area (Å²) in [5.41, 5.74) is -1.74. The minimum absolute atomic E-state index is 0.0514. The summed E-state index contributed by atoms with van der Waals surface area (Å²) < 4.78 is 53.0. The lowest BCUT2D eigenvalue weighted by atomic mass is 10.1. The van der Waals surface area contributed by atoms with E-state index in [9.17, 15) is 22.8 Å². The van der Waals surface area contributed by atoms with Crippen LogP contribution in [-0.2, 0) is 18.0 Å². The number of carbonyl (C=O) groups excluding carboxylic acids is 1. The van der Waals surface area contributed by atoms with Gasteiger partial charge in [0.2, 0.25) is 5.71 Å². The predicted octanol–water partition coefficient (Wildman–Crippen LogP) is 2.94. The Morgan fingerprint density at radius 3 is 2.61 bits per heavy atom. The summed E-state index contributed by atoms with van der Waals surface area (Å²) in [4.78, 5) is 31.1. The zero-order chi connectivity index (χ0) is 22.3. The second kappa shape index (κ2) is 7.73. The Kier molecular flexibility index (Phi) is 5.21. The Bertz CT molecular complexity index is 1210. The van der Waals surface area contributed by atoms with E-state index >= 15 is 0 Å². The number of hydrogen-bond donors (Lipinski definition) is 1. The summed E-state index contributed by atoms with van der Waals surface area (Å²) >= 11 is 0. The molecule has 8 nitrogen and oxygen atoms in total. The molecule has 1 aliphatic heterocycles. The maximum atomic E-state index is 13.8. The molecule has 0 unspecified atom stereocenters. The van der Waals surface area contributed by atoms with Crippen LogP contribution in [0.5, 0.6) is 0 Å². The fourth-order valence-electron chi connectivity index (χ4n) is 3.54. The molecule has 3 heterocycles. The van der Waals surface area contributed by atoms with Crippen molar-refractivity contribution in [3.8, 4) is 0 Å². The van der Waals surface area contributed by atoms with Gasteiger partial charge in [-0.15, -0.1) is 0 Å². The number of hydrogen-bond acceptors (Lipinski definition) is 6. The zero-order valence-electron chi connectivity index (χ0n) is 16.7. The van der Waals surface area contributed by atoms with Crippen LogP contribution in [0.25, 0.3) is 11.1 Å². The molecule has 0 aliphatic carbocycles. The number of rotatable bonds is 3. The first kappa shape index (κ1) is 20.9. The fraction of sp³-hybridized carbons (Fsp3) is 0.350. The molecule has 2 aromatic heterocycles. The number of halogens is 3. The van der Waals surface area contributed by atoms with E-state index < -0.39 is 28.9 Å². The number of morpholine rings is 1. The van der Waals surface area contributed by atoms with Gasteiger partial charge in [-0.1, -0.05) is 0 Å². The number of ether oxygens (including phenoxy) is 1. The Morgan fingerprint density at radius 2 is 1.94 bits per heavy atom. The monoisotopic (exact) mass is 436 g/mol. The van der Waals surface area contributed by atoms with E-state index in [1.165, 1.54) is 32.4 Å².